The van der Waals surface area contributed by atoms with Crippen molar-refractivity contribution in [2.75, 3.05) is 5.75 Å². The lowest BCUT2D eigenvalue weighted by atomic mass is 10.2. The number of carbonyl (C=O) groups is 1. The summed E-state index contributed by atoms with van der Waals surface area (Å²) in [6.07, 6.45) is 0. The maximum Gasteiger partial charge on any atom is 0.338 e. The first-order valence-corrected chi connectivity index (χ1v) is 6.69. The van der Waals surface area contributed by atoms with E-state index in [4.69, 9.17) is 5.11 Å². The largest absolute Gasteiger partial charge is 0.478 e. The molecule has 16 heavy (non-hydrogen) atoms. The van der Waals surface area contributed by atoms with E-state index in [1.165, 1.54) is 6.92 Å². The first-order valence-electron chi connectivity index (χ1n) is 4.24. The van der Waals surface area contributed by atoms with E-state index in [0.29, 0.717) is 0 Å². The smallest absolute Gasteiger partial charge is 0.338 e. The number of rotatable bonds is 3. The molecule has 0 amide bonds. The van der Waals surface area contributed by atoms with Crippen molar-refractivity contribution in [2.24, 2.45) is 0 Å². The average Bonchev–Trinajstić information content (AvgIpc) is 2.20. The summed E-state index contributed by atoms with van der Waals surface area (Å²) < 4.78 is 36.8. The quantitative estimate of drug-likeness (QED) is 0.928. The van der Waals surface area contributed by atoms with E-state index < -0.39 is 32.1 Å². The molecule has 0 aliphatic carbocycles. The predicted molar refractivity (Wildman–Crippen MR) is 58.8 cm³/mol. The molecule has 0 aliphatic heterocycles. The Labute approximate surface area is 100 Å². The van der Waals surface area contributed by atoms with Crippen LogP contribution in [-0.2, 0) is 9.84 Å². The highest BCUT2D eigenvalue weighted by Gasteiger charge is 2.23. The van der Waals surface area contributed by atoms with Crippen LogP contribution in [0.3, 0.4) is 0 Å². The molecule has 7 heteroatoms. The fraction of sp³-hybridized carbons (Fsp3) is 0.222. The Morgan fingerprint density at radius 1 is 1.50 bits per heavy atom. The third kappa shape index (κ3) is 2.41. The van der Waals surface area contributed by atoms with E-state index in [9.17, 15) is 17.6 Å². The zero-order valence-electron chi connectivity index (χ0n) is 8.20. The molecule has 0 fully saturated rings. The molecule has 0 radical (unpaired) electrons. The Morgan fingerprint density at radius 3 is 2.50 bits per heavy atom. The van der Waals surface area contributed by atoms with E-state index in [0.717, 1.165) is 12.1 Å². The van der Waals surface area contributed by atoms with Crippen molar-refractivity contribution >= 4 is 31.7 Å². The number of hydrogen-bond acceptors (Lipinski definition) is 3. The van der Waals surface area contributed by atoms with Gasteiger partial charge in [-0.25, -0.2) is 17.6 Å². The monoisotopic (exact) mass is 310 g/mol. The molecule has 0 atom stereocenters. The van der Waals surface area contributed by atoms with Gasteiger partial charge in [-0.1, -0.05) is 22.9 Å². The van der Waals surface area contributed by atoms with Crippen LogP contribution < -0.4 is 0 Å². The number of sulfone groups is 1. The molecule has 0 saturated heterocycles. The molecule has 0 saturated carbocycles. The van der Waals surface area contributed by atoms with E-state index in [1.54, 1.807) is 0 Å². The summed E-state index contributed by atoms with van der Waals surface area (Å²) in [6, 6.07) is 2.08. The summed E-state index contributed by atoms with van der Waals surface area (Å²) in [7, 11) is -3.78. The number of aromatic carboxylic acids is 1. The van der Waals surface area contributed by atoms with Gasteiger partial charge in [0.25, 0.3) is 0 Å². The number of benzene rings is 1. The van der Waals surface area contributed by atoms with Crippen LogP contribution in [0.1, 0.15) is 17.3 Å². The van der Waals surface area contributed by atoms with Gasteiger partial charge in [-0.3, -0.25) is 0 Å². The second-order valence-electron chi connectivity index (χ2n) is 2.97. The molecule has 4 nitrogen and oxygen atoms in total. The van der Waals surface area contributed by atoms with Crippen LogP contribution in [0.4, 0.5) is 4.39 Å². The highest BCUT2D eigenvalue weighted by atomic mass is 79.9. The van der Waals surface area contributed by atoms with Crippen LogP contribution >= 0.6 is 15.9 Å². The number of hydrogen-bond donors (Lipinski definition) is 1. The van der Waals surface area contributed by atoms with Crippen molar-refractivity contribution in [3.63, 3.8) is 0 Å². The Balaban J connectivity index is 3.60. The van der Waals surface area contributed by atoms with Gasteiger partial charge < -0.3 is 5.11 Å². The molecule has 1 aromatic carbocycles. The van der Waals surface area contributed by atoms with Crippen LogP contribution in [-0.4, -0.2) is 25.2 Å². The fourth-order valence-corrected chi connectivity index (χ4v) is 2.71. The lowest BCUT2D eigenvalue weighted by Crippen LogP contribution is -2.10. The van der Waals surface area contributed by atoms with Gasteiger partial charge in [-0.15, -0.1) is 0 Å². The second kappa shape index (κ2) is 4.50. The van der Waals surface area contributed by atoms with Gasteiger partial charge in [0.2, 0.25) is 0 Å². The molecule has 0 spiro atoms. The van der Waals surface area contributed by atoms with Crippen molar-refractivity contribution in [1.29, 1.82) is 0 Å². The molecule has 1 N–H and O–H groups in total. The predicted octanol–water partition coefficient (Wildman–Crippen LogP) is 2.08. The zero-order chi connectivity index (χ0) is 12.5. The lowest BCUT2D eigenvalue weighted by Gasteiger charge is -2.06. The Hall–Kier alpha value is -0.950. The molecule has 0 unspecified atom stereocenters. The summed E-state index contributed by atoms with van der Waals surface area (Å²) in [4.78, 5) is 10.1. The molecule has 88 valence electrons. The molecular weight excluding hydrogens is 303 g/mol. The van der Waals surface area contributed by atoms with Gasteiger partial charge in [-0.2, -0.15) is 0 Å². The summed E-state index contributed by atoms with van der Waals surface area (Å²) in [6.45, 7) is 1.36. The summed E-state index contributed by atoms with van der Waals surface area (Å²) in [5, 5.41) is 8.70. The minimum atomic E-state index is -3.78. The van der Waals surface area contributed by atoms with Gasteiger partial charge in [0.1, 0.15) is 4.90 Å². The number of carboxylic acid groups (broad SMARTS) is 1. The average molecular weight is 311 g/mol. The number of carboxylic acids is 1. The van der Waals surface area contributed by atoms with Crippen LogP contribution in [0.5, 0.6) is 0 Å². The summed E-state index contributed by atoms with van der Waals surface area (Å²) in [5.41, 5.74) is -0.665. The SMILES string of the molecule is CCS(=O)(=O)c1cc(Br)cc(C(=O)O)c1F. The first kappa shape index (κ1) is 13.1. The van der Waals surface area contributed by atoms with Gasteiger partial charge in [-0.05, 0) is 12.1 Å². The van der Waals surface area contributed by atoms with Crippen molar-refractivity contribution in [1.82, 2.24) is 0 Å². The third-order valence-corrected chi connectivity index (χ3v) is 4.13. The van der Waals surface area contributed by atoms with Crippen LogP contribution in [0.25, 0.3) is 0 Å². The van der Waals surface area contributed by atoms with E-state index in [2.05, 4.69) is 15.9 Å². The van der Waals surface area contributed by atoms with E-state index in [1.807, 2.05) is 0 Å². The molecular formula is C9H8BrFO4S. The van der Waals surface area contributed by atoms with Gasteiger partial charge in [0.15, 0.2) is 15.7 Å². The van der Waals surface area contributed by atoms with Crippen molar-refractivity contribution in [3.05, 3.63) is 28.0 Å². The highest BCUT2D eigenvalue weighted by Crippen LogP contribution is 2.24. The molecule has 0 heterocycles. The zero-order valence-corrected chi connectivity index (χ0v) is 10.6. The molecule has 1 rings (SSSR count). The van der Waals surface area contributed by atoms with Gasteiger partial charge >= 0.3 is 5.97 Å². The normalized spacial score (nSPS) is 11.4. The fourth-order valence-electron chi connectivity index (χ4n) is 1.10. The van der Waals surface area contributed by atoms with Crippen LogP contribution in [0, 0.1) is 5.82 Å². The molecule has 0 aromatic heterocycles. The molecule has 1 aromatic rings. The molecule has 0 bridgehead atoms. The minimum absolute atomic E-state index is 0.207. The van der Waals surface area contributed by atoms with Crippen molar-refractivity contribution in [2.45, 2.75) is 11.8 Å². The van der Waals surface area contributed by atoms with E-state index >= 15 is 0 Å². The molecule has 0 aliphatic rings. The van der Waals surface area contributed by atoms with E-state index in [-0.39, 0.29) is 10.2 Å². The maximum atomic E-state index is 13.6. The highest BCUT2D eigenvalue weighted by molar-refractivity contribution is 9.10. The Morgan fingerprint density at radius 2 is 2.06 bits per heavy atom. The Kier molecular flexibility index (Phi) is 3.69. The maximum absolute atomic E-state index is 13.6. The van der Waals surface area contributed by atoms with Gasteiger partial charge in [0, 0.05) is 4.47 Å². The van der Waals surface area contributed by atoms with Crippen LogP contribution in [0.2, 0.25) is 0 Å². The lowest BCUT2D eigenvalue weighted by molar-refractivity contribution is 0.0691. The number of halogens is 2. The minimum Gasteiger partial charge on any atom is -0.478 e. The standard InChI is InChI=1S/C9H8BrFO4S/c1-2-16(14,15)7-4-5(10)3-6(8(7)11)9(12)13/h3-4H,2H2,1H3,(H,12,13). The first-order chi connectivity index (χ1) is 7.29. The summed E-state index contributed by atoms with van der Waals surface area (Å²) >= 11 is 2.94. The van der Waals surface area contributed by atoms with Gasteiger partial charge in [0.05, 0.1) is 11.3 Å². The van der Waals surface area contributed by atoms with Crippen LogP contribution in [0.15, 0.2) is 21.5 Å². The van der Waals surface area contributed by atoms with Crippen molar-refractivity contribution in [3.8, 4) is 0 Å². The van der Waals surface area contributed by atoms with Crippen molar-refractivity contribution < 1.29 is 22.7 Å². The third-order valence-electron chi connectivity index (χ3n) is 1.95. The summed E-state index contributed by atoms with van der Waals surface area (Å²) in [5.74, 6) is -3.02. The Bertz CT molecular complexity index is 539. The topological polar surface area (TPSA) is 71.4 Å². The second-order valence-corrected chi connectivity index (χ2v) is 6.14.